The molecular weight excluding hydrogens is 376 g/mol. The van der Waals surface area contributed by atoms with E-state index in [4.69, 9.17) is 0 Å². The van der Waals surface area contributed by atoms with Gasteiger partial charge in [-0.15, -0.1) is 0 Å². The summed E-state index contributed by atoms with van der Waals surface area (Å²) >= 11 is 0. The molecule has 136 valence electrons. The van der Waals surface area contributed by atoms with Gasteiger partial charge >= 0.3 is 6.61 Å². The predicted octanol–water partition coefficient (Wildman–Crippen LogP) is 2.17. The lowest BCUT2D eigenvalue weighted by molar-refractivity contribution is -0.0504. The molecule has 2 aromatic rings. The van der Waals surface area contributed by atoms with E-state index in [1.54, 1.807) is 6.07 Å². The molecule has 0 aliphatic heterocycles. The zero-order valence-corrected chi connectivity index (χ0v) is 14.6. The molecule has 2 rings (SSSR count). The van der Waals surface area contributed by atoms with Crippen LogP contribution >= 0.6 is 0 Å². The lowest BCUT2D eigenvalue weighted by Crippen LogP contribution is -2.23. The van der Waals surface area contributed by atoms with Crippen LogP contribution in [0.25, 0.3) is 0 Å². The highest BCUT2D eigenvalue weighted by atomic mass is 32.2. The van der Waals surface area contributed by atoms with Crippen LogP contribution < -0.4 is 9.46 Å². The van der Waals surface area contributed by atoms with Crippen molar-refractivity contribution >= 4 is 19.9 Å². The lowest BCUT2D eigenvalue weighted by Gasteiger charge is -2.12. The Morgan fingerprint density at radius 3 is 2.08 bits per heavy atom. The Labute approximate surface area is 144 Å². The normalized spacial score (nSPS) is 12.3. The lowest BCUT2D eigenvalue weighted by atomic mass is 10.2. The van der Waals surface area contributed by atoms with Gasteiger partial charge in [-0.3, -0.25) is 0 Å². The predicted molar refractivity (Wildman–Crippen MR) is 86.7 cm³/mol. The summed E-state index contributed by atoms with van der Waals surface area (Å²) in [5.41, 5.74) is 0.235. The summed E-state index contributed by atoms with van der Waals surface area (Å²) in [7, 11) is -7.39. The molecule has 10 heteroatoms. The van der Waals surface area contributed by atoms with E-state index < -0.39 is 26.5 Å². The van der Waals surface area contributed by atoms with E-state index >= 15 is 0 Å². The van der Waals surface area contributed by atoms with Gasteiger partial charge in [0.25, 0.3) is 0 Å². The summed E-state index contributed by atoms with van der Waals surface area (Å²) in [5.74, 6) is -0.132. The van der Waals surface area contributed by atoms with E-state index in [1.165, 1.54) is 30.3 Å². The van der Waals surface area contributed by atoms with Crippen molar-refractivity contribution in [2.24, 2.45) is 0 Å². The largest absolute Gasteiger partial charge is 0.434 e. The summed E-state index contributed by atoms with van der Waals surface area (Å²) in [6.45, 7) is -3.29. The fourth-order valence-corrected chi connectivity index (χ4v) is 3.62. The van der Waals surface area contributed by atoms with Crippen molar-refractivity contribution in [2.45, 2.75) is 22.9 Å². The quantitative estimate of drug-likeness (QED) is 0.781. The molecule has 0 radical (unpaired) electrons. The highest BCUT2D eigenvalue weighted by Gasteiger charge is 2.17. The van der Waals surface area contributed by atoms with Gasteiger partial charge in [0, 0.05) is 18.4 Å². The van der Waals surface area contributed by atoms with Gasteiger partial charge in [0.2, 0.25) is 10.0 Å². The van der Waals surface area contributed by atoms with Crippen LogP contribution in [0.5, 0.6) is 5.75 Å². The molecule has 0 atom stereocenters. The molecule has 2 aromatic carbocycles. The third kappa shape index (κ3) is 5.21. The van der Waals surface area contributed by atoms with Crippen molar-refractivity contribution in [1.29, 1.82) is 0 Å². The van der Waals surface area contributed by atoms with E-state index in [9.17, 15) is 25.6 Å². The fourth-order valence-electron chi connectivity index (χ4n) is 1.98. The second kappa shape index (κ2) is 7.46. The van der Waals surface area contributed by atoms with Crippen LogP contribution in [0, 0.1) is 0 Å². The van der Waals surface area contributed by atoms with Gasteiger partial charge < -0.3 is 4.74 Å². The van der Waals surface area contributed by atoms with Crippen molar-refractivity contribution < 1.29 is 30.4 Å². The first-order chi connectivity index (χ1) is 11.6. The van der Waals surface area contributed by atoms with Crippen LogP contribution in [0.1, 0.15) is 5.56 Å². The molecule has 0 aliphatic carbocycles. The van der Waals surface area contributed by atoms with Gasteiger partial charge in [-0.1, -0.05) is 18.2 Å². The Balaban J connectivity index is 2.17. The first-order valence-corrected chi connectivity index (χ1v) is 10.3. The minimum absolute atomic E-state index is 0.0119. The molecule has 0 heterocycles. The highest BCUT2D eigenvalue weighted by molar-refractivity contribution is 7.90. The number of alkyl halides is 2. The monoisotopic (exact) mass is 391 g/mol. The van der Waals surface area contributed by atoms with Crippen molar-refractivity contribution in [3.8, 4) is 5.75 Å². The van der Waals surface area contributed by atoms with Crippen molar-refractivity contribution in [3.05, 3.63) is 54.1 Å². The molecule has 0 aromatic heterocycles. The van der Waals surface area contributed by atoms with E-state index in [1.807, 2.05) is 0 Å². The number of benzene rings is 2. The summed E-state index contributed by atoms with van der Waals surface area (Å²) in [6, 6.07) is 10.5. The minimum Gasteiger partial charge on any atom is -0.434 e. The number of ether oxygens (including phenoxy) is 1. The molecule has 0 amide bonds. The second-order valence-electron chi connectivity index (χ2n) is 5.05. The average Bonchev–Trinajstić information content (AvgIpc) is 2.53. The van der Waals surface area contributed by atoms with Gasteiger partial charge in [0.15, 0.2) is 9.84 Å². The molecule has 0 unspecified atom stereocenters. The summed E-state index contributed by atoms with van der Waals surface area (Å²) < 4.78 is 78.6. The minimum atomic E-state index is -3.95. The van der Waals surface area contributed by atoms with E-state index in [2.05, 4.69) is 9.46 Å². The van der Waals surface area contributed by atoms with Gasteiger partial charge in [-0.05, 0) is 30.3 Å². The Kier molecular flexibility index (Phi) is 5.76. The number of nitrogens with one attached hydrogen (secondary N) is 1. The maximum absolute atomic E-state index is 12.4. The average molecular weight is 391 g/mol. The molecule has 1 N–H and O–H groups in total. The highest BCUT2D eigenvalue weighted by Crippen LogP contribution is 2.21. The Morgan fingerprint density at radius 2 is 1.52 bits per heavy atom. The number of sulfone groups is 1. The van der Waals surface area contributed by atoms with E-state index in [0.717, 1.165) is 18.4 Å². The Bertz CT molecular complexity index is 942. The molecular formula is C15H15F2NO5S2. The maximum Gasteiger partial charge on any atom is 0.387 e. The van der Waals surface area contributed by atoms with Crippen molar-refractivity contribution in [2.75, 3.05) is 6.26 Å². The van der Waals surface area contributed by atoms with Gasteiger partial charge in [-0.2, -0.15) is 8.78 Å². The van der Waals surface area contributed by atoms with E-state index in [0.29, 0.717) is 0 Å². The van der Waals surface area contributed by atoms with Gasteiger partial charge in [0.1, 0.15) is 5.75 Å². The molecule has 25 heavy (non-hydrogen) atoms. The van der Waals surface area contributed by atoms with Crippen LogP contribution in [0.3, 0.4) is 0 Å². The number of hydrogen-bond donors (Lipinski definition) is 1. The number of rotatable bonds is 7. The van der Waals surface area contributed by atoms with E-state index in [-0.39, 0.29) is 27.6 Å². The molecule has 0 saturated heterocycles. The molecule has 6 nitrogen and oxygen atoms in total. The van der Waals surface area contributed by atoms with Crippen LogP contribution in [0.2, 0.25) is 0 Å². The molecule has 0 fully saturated rings. The first kappa shape index (κ1) is 19.3. The maximum atomic E-state index is 12.4. The molecule has 0 bridgehead atoms. The smallest absolute Gasteiger partial charge is 0.387 e. The molecule has 0 saturated carbocycles. The van der Waals surface area contributed by atoms with Crippen LogP contribution in [0.15, 0.2) is 58.3 Å². The third-order valence-corrected chi connectivity index (χ3v) is 5.75. The van der Waals surface area contributed by atoms with Gasteiger partial charge in [-0.25, -0.2) is 21.6 Å². The fraction of sp³-hybridized carbons (Fsp3) is 0.200. The first-order valence-electron chi connectivity index (χ1n) is 6.92. The zero-order valence-electron chi connectivity index (χ0n) is 13.0. The van der Waals surface area contributed by atoms with Crippen LogP contribution in [-0.4, -0.2) is 29.7 Å². The number of sulfonamides is 1. The van der Waals surface area contributed by atoms with Crippen LogP contribution in [0.4, 0.5) is 8.78 Å². The summed E-state index contributed by atoms with van der Waals surface area (Å²) in [4.78, 5) is -0.158. The zero-order chi connectivity index (χ0) is 18.7. The van der Waals surface area contributed by atoms with Gasteiger partial charge in [0.05, 0.1) is 9.79 Å². The number of hydrogen-bond acceptors (Lipinski definition) is 5. The second-order valence-corrected chi connectivity index (χ2v) is 8.84. The number of halogens is 2. The van der Waals surface area contributed by atoms with Crippen molar-refractivity contribution in [3.63, 3.8) is 0 Å². The Morgan fingerprint density at radius 1 is 0.960 bits per heavy atom. The summed E-state index contributed by atoms with van der Waals surface area (Å²) in [6.07, 6.45) is 1.01. The standard InChI is InChI=1S/C15H15F2NO5S2/c1-24(19,20)12-6-8-13(9-7-12)25(21,22)18-10-11-4-2-3-5-14(11)23-15(16)17/h2-9,15,18H,10H2,1H3. The SMILES string of the molecule is CS(=O)(=O)c1ccc(S(=O)(=O)NCc2ccccc2OC(F)F)cc1. The molecule has 0 spiro atoms. The topological polar surface area (TPSA) is 89.5 Å². The third-order valence-electron chi connectivity index (χ3n) is 3.20. The van der Waals surface area contributed by atoms with Crippen molar-refractivity contribution in [1.82, 2.24) is 4.72 Å². The summed E-state index contributed by atoms with van der Waals surface area (Å²) in [5, 5.41) is 0. The number of para-hydroxylation sites is 1. The molecule has 0 aliphatic rings. The van der Waals surface area contributed by atoms with Crippen LogP contribution in [-0.2, 0) is 26.4 Å². The Hall–Kier alpha value is -2.04.